The topological polar surface area (TPSA) is 94.3 Å². The third kappa shape index (κ3) is 4.61. The maximum atomic E-state index is 10.6. The lowest BCUT2D eigenvalue weighted by Gasteiger charge is -2.04. The Balaban J connectivity index is 2.45. The van der Waals surface area contributed by atoms with E-state index in [9.17, 15) is 8.42 Å². The molecule has 0 radical (unpaired) electrons. The van der Waals surface area contributed by atoms with Gasteiger partial charge in [0.1, 0.15) is 11.6 Å². The summed E-state index contributed by atoms with van der Waals surface area (Å²) in [6, 6.07) is 3.42. The van der Waals surface area contributed by atoms with Crippen molar-refractivity contribution in [3.8, 4) is 5.75 Å². The van der Waals surface area contributed by atoms with Crippen molar-refractivity contribution in [3.63, 3.8) is 0 Å². The van der Waals surface area contributed by atoms with Crippen LogP contribution in [0.15, 0.2) is 18.3 Å². The number of pyridine rings is 1. The van der Waals surface area contributed by atoms with E-state index in [2.05, 4.69) is 10.3 Å². The van der Waals surface area contributed by atoms with Gasteiger partial charge in [0, 0.05) is 6.54 Å². The Morgan fingerprint density at radius 1 is 1.53 bits per heavy atom. The van der Waals surface area contributed by atoms with Crippen LogP contribution in [0.1, 0.15) is 0 Å². The minimum Gasteiger partial charge on any atom is -0.495 e. The molecule has 1 heterocycles. The number of methoxy groups -OCH3 is 1. The Morgan fingerprint density at radius 3 is 2.73 bits per heavy atom. The smallest absolute Gasteiger partial charge is 0.210 e. The molecule has 0 amide bonds. The SMILES string of the molecule is COc1ccc(NCCS(N)(=O)=O)nc1. The van der Waals surface area contributed by atoms with Crippen molar-refractivity contribution >= 4 is 15.8 Å². The van der Waals surface area contributed by atoms with Crippen LogP contribution in [0.25, 0.3) is 0 Å². The van der Waals surface area contributed by atoms with Gasteiger partial charge in [-0.05, 0) is 12.1 Å². The van der Waals surface area contributed by atoms with Crippen LogP contribution in [0, 0.1) is 0 Å². The van der Waals surface area contributed by atoms with E-state index in [0.29, 0.717) is 11.6 Å². The van der Waals surface area contributed by atoms with Crippen LogP contribution in [0.3, 0.4) is 0 Å². The molecule has 0 aromatic carbocycles. The first-order chi connectivity index (χ1) is 7.01. The Morgan fingerprint density at radius 2 is 2.27 bits per heavy atom. The molecule has 1 aromatic rings. The molecule has 1 rings (SSSR count). The maximum Gasteiger partial charge on any atom is 0.210 e. The van der Waals surface area contributed by atoms with Crippen molar-refractivity contribution in [1.29, 1.82) is 0 Å². The fourth-order valence-electron chi connectivity index (χ4n) is 0.927. The number of rotatable bonds is 5. The number of hydrogen-bond acceptors (Lipinski definition) is 5. The Kier molecular flexibility index (Phi) is 3.87. The van der Waals surface area contributed by atoms with Gasteiger partial charge in [0.25, 0.3) is 0 Å². The first-order valence-electron chi connectivity index (χ1n) is 4.25. The highest BCUT2D eigenvalue weighted by Crippen LogP contribution is 2.10. The summed E-state index contributed by atoms with van der Waals surface area (Å²) in [7, 11) is -1.88. The number of sulfonamides is 1. The van der Waals surface area contributed by atoms with Gasteiger partial charge in [-0.25, -0.2) is 18.5 Å². The van der Waals surface area contributed by atoms with Crippen molar-refractivity contribution in [2.24, 2.45) is 5.14 Å². The lowest BCUT2D eigenvalue weighted by Crippen LogP contribution is -2.22. The fraction of sp³-hybridized carbons (Fsp3) is 0.375. The summed E-state index contributed by atoms with van der Waals surface area (Å²) < 4.78 is 26.2. The maximum absolute atomic E-state index is 10.6. The Labute approximate surface area is 88.5 Å². The molecule has 0 bridgehead atoms. The quantitative estimate of drug-likeness (QED) is 0.731. The van der Waals surface area contributed by atoms with Crippen molar-refractivity contribution in [2.75, 3.05) is 24.7 Å². The second-order valence-corrected chi connectivity index (χ2v) is 4.61. The molecule has 0 fully saturated rings. The summed E-state index contributed by atoms with van der Waals surface area (Å²) in [5, 5.41) is 7.66. The Bertz CT molecular complexity index is 402. The number of hydrogen-bond donors (Lipinski definition) is 2. The summed E-state index contributed by atoms with van der Waals surface area (Å²) in [6.45, 7) is 0.234. The van der Waals surface area contributed by atoms with Crippen LogP contribution in [0.2, 0.25) is 0 Å². The molecule has 0 saturated heterocycles. The van der Waals surface area contributed by atoms with Crippen molar-refractivity contribution in [2.45, 2.75) is 0 Å². The van der Waals surface area contributed by atoms with Gasteiger partial charge in [-0.3, -0.25) is 0 Å². The van der Waals surface area contributed by atoms with Crippen molar-refractivity contribution < 1.29 is 13.2 Å². The number of nitrogens with two attached hydrogens (primary N) is 1. The van der Waals surface area contributed by atoms with Crippen molar-refractivity contribution in [3.05, 3.63) is 18.3 Å². The minimum atomic E-state index is -3.42. The zero-order chi connectivity index (χ0) is 11.3. The van der Waals surface area contributed by atoms with Gasteiger partial charge >= 0.3 is 0 Å². The number of ether oxygens (including phenoxy) is 1. The highest BCUT2D eigenvalue weighted by atomic mass is 32.2. The molecule has 7 heteroatoms. The van der Waals surface area contributed by atoms with E-state index in [0.717, 1.165) is 0 Å². The van der Waals surface area contributed by atoms with E-state index in [1.165, 1.54) is 0 Å². The first-order valence-corrected chi connectivity index (χ1v) is 5.97. The highest BCUT2D eigenvalue weighted by Gasteiger charge is 2.01. The molecule has 0 unspecified atom stereocenters. The van der Waals surface area contributed by atoms with Gasteiger partial charge in [-0.2, -0.15) is 0 Å². The fourth-order valence-corrected chi connectivity index (χ4v) is 1.31. The molecule has 0 atom stereocenters. The third-order valence-corrected chi connectivity index (χ3v) is 2.44. The molecule has 0 aliphatic carbocycles. The molecule has 0 aliphatic rings. The van der Waals surface area contributed by atoms with Crippen LogP contribution < -0.4 is 15.2 Å². The molecule has 15 heavy (non-hydrogen) atoms. The van der Waals surface area contributed by atoms with Gasteiger partial charge in [-0.15, -0.1) is 0 Å². The normalized spacial score (nSPS) is 11.1. The van der Waals surface area contributed by atoms with E-state index in [-0.39, 0.29) is 12.3 Å². The minimum absolute atomic E-state index is 0.124. The largest absolute Gasteiger partial charge is 0.495 e. The molecule has 3 N–H and O–H groups in total. The van der Waals surface area contributed by atoms with Crippen LogP contribution in [-0.4, -0.2) is 32.8 Å². The van der Waals surface area contributed by atoms with E-state index < -0.39 is 10.0 Å². The van der Waals surface area contributed by atoms with Gasteiger partial charge < -0.3 is 10.1 Å². The third-order valence-electron chi connectivity index (χ3n) is 1.66. The van der Waals surface area contributed by atoms with Crippen LogP contribution in [0.4, 0.5) is 5.82 Å². The molecular weight excluding hydrogens is 218 g/mol. The summed E-state index contributed by atoms with van der Waals surface area (Å²) in [5.41, 5.74) is 0. The van der Waals surface area contributed by atoms with Gasteiger partial charge in [0.2, 0.25) is 10.0 Å². The van der Waals surface area contributed by atoms with Crippen LogP contribution in [0.5, 0.6) is 5.75 Å². The summed E-state index contributed by atoms with van der Waals surface area (Å²) in [5.74, 6) is 1.10. The average Bonchev–Trinajstić information content (AvgIpc) is 2.17. The van der Waals surface area contributed by atoms with E-state index in [4.69, 9.17) is 9.88 Å². The first kappa shape index (κ1) is 11.7. The second kappa shape index (κ2) is 4.94. The van der Waals surface area contributed by atoms with Crippen molar-refractivity contribution in [1.82, 2.24) is 4.98 Å². The number of anilines is 1. The van der Waals surface area contributed by atoms with Gasteiger partial charge in [0.05, 0.1) is 19.1 Å². The zero-order valence-corrected chi connectivity index (χ0v) is 9.12. The lowest BCUT2D eigenvalue weighted by atomic mass is 10.4. The average molecular weight is 231 g/mol. The predicted octanol–water partition coefficient (Wildman–Crippen LogP) is -0.209. The van der Waals surface area contributed by atoms with Crippen LogP contribution in [-0.2, 0) is 10.0 Å². The number of primary sulfonamides is 1. The van der Waals surface area contributed by atoms with E-state index >= 15 is 0 Å². The summed E-state index contributed by atoms with van der Waals surface area (Å²) in [4.78, 5) is 4.00. The highest BCUT2D eigenvalue weighted by molar-refractivity contribution is 7.89. The molecule has 0 spiro atoms. The summed E-state index contributed by atoms with van der Waals surface area (Å²) >= 11 is 0. The molecule has 0 saturated carbocycles. The molecular formula is C8H13N3O3S. The van der Waals surface area contributed by atoms with Crippen LogP contribution >= 0.6 is 0 Å². The number of aromatic nitrogens is 1. The standard InChI is InChI=1S/C8H13N3O3S/c1-14-7-2-3-8(11-6-7)10-4-5-15(9,12)13/h2-3,6H,4-5H2,1H3,(H,10,11)(H2,9,12,13). The van der Waals surface area contributed by atoms with E-state index in [1.54, 1.807) is 25.4 Å². The lowest BCUT2D eigenvalue weighted by molar-refractivity contribution is 0.413. The number of nitrogens with one attached hydrogen (secondary N) is 1. The molecule has 0 aliphatic heterocycles. The molecule has 6 nitrogen and oxygen atoms in total. The van der Waals surface area contributed by atoms with E-state index in [1.807, 2.05) is 0 Å². The molecule has 84 valence electrons. The molecule has 1 aromatic heterocycles. The zero-order valence-electron chi connectivity index (χ0n) is 8.30. The second-order valence-electron chi connectivity index (χ2n) is 2.88. The van der Waals surface area contributed by atoms with Gasteiger partial charge in [-0.1, -0.05) is 0 Å². The predicted molar refractivity (Wildman–Crippen MR) is 57.3 cm³/mol. The number of nitrogens with zero attached hydrogens (tertiary/aromatic N) is 1. The Hall–Kier alpha value is -1.34. The van der Waals surface area contributed by atoms with Gasteiger partial charge in [0.15, 0.2) is 0 Å². The monoisotopic (exact) mass is 231 g/mol. The summed E-state index contributed by atoms with van der Waals surface area (Å²) in [6.07, 6.45) is 1.54.